The van der Waals surface area contributed by atoms with E-state index in [9.17, 15) is 0 Å². The van der Waals surface area contributed by atoms with Crippen LogP contribution in [0, 0.1) is 0 Å². The summed E-state index contributed by atoms with van der Waals surface area (Å²) in [6.45, 7) is 5.38. The van der Waals surface area contributed by atoms with Crippen LogP contribution >= 0.6 is 23.1 Å². The summed E-state index contributed by atoms with van der Waals surface area (Å²) in [4.78, 5) is 2.50. The second-order valence-corrected chi connectivity index (χ2v) is 5.51. The minimum Gasteiger partial charge on any atom is -0.292 e. The molecule has 1 saturated heterocycles. The van der Waals surface area contributed by atoms with E-state index in [1.54, 1.807) is 0 Å². The van der Waals surface area contributed by atoms with Crippen LogP contribution in [-0.4, -0.2) is 26.6 Å². The molecule has 2 rings (SSSR count). The number of likely N-dealkylation sites (tertiary alicyclic amines) is 1. The summed E-state index contributed by atoms with van der Waals surface area (Å²) >= 11 is 7.30. The molecule has 0 bridgehead atoms. The molecule has 15 heavy (non-hydrogen) atoms. The summed E-state index contributed by atoms with van der Waals surface area (Å²) in [7, 11) is 0. The van der Waals surface area contributed by atoms with Gasteiger partial charge in [0.2, 0.25) is 0 Å². The third-order valence-electron chi connectivity index (χ3n) is 3.27. The fourth-order valence-electron chi connectivity index (χ4n) is 2.31. The highest BCUT2D eigenvalue weighted by molar-refractivity contribution is 7.10. The molecule has 0 amide bonds. The third kappa shape index (κ3) is 2.32. The zero-order valence-corrected chi connectivity index (χ0v) is 10.7. The highest BCUT2D eigenvalue weighted by atomic mass is 35.5. The summed E-state index contributed by atoms with van der Waals surface area (Å²) in [5.74, 6) is 0. The number of hydrogen-bond donors (Lipinski definition) is 0. The molecule has 0 radical (unpaired) electrons. The molecule has 1 aliphatic heterocycles. The van der Waals surface area contributed by atoms with Gasteiger partial charge in [-0.25, -0.2) is 0 Å². The number of hydrogen-bond acceptors (Lipinski definition) is 4. The lowest BCUT2D eigenvalue weighted by Gasteiger charge is -2.26. The molecular formula is C10H16ClN3S. The Bertz CT molecular complexity index is 328. The largest absolute Gasteiger partial charge is 0.292 e. The first kappa shape index (κ1) is 11.3. The molecule has 0 N–H and O–H groups in total. The van der Waals surface area contributed by atoms with Gasteiger partial charge in [0.25, 0.3) is 0 Å². The lowest BCUT2D eigenvalue weighted by atomic mass is 10.1. The van der Waals surface area contributed by atoms with E-state index in [0.717, 1.165) is 16.6 Å². The number of nitrogens with zero attached hydrogens (tertiary/aromatic N) is 3. The second-order valence-electron chi connectivity index (χ2n) is 4.15. The highest BCUT2D eigenvalue weighted by Gasteiger charge is 2.30. The van der Waals surface area contributed by atoms with Crippen molar-refractivity contribution < 1.29 is 0 Å². The van der Waals surface area contributed by atoms with Crippen LogP contribution in [0.25, 0.3) is 0 Å². The third-order valence-corrected chi connectivity index (χ3v) is 4.25. The van der Waals surface area contributed by atoms with E-state index in [1.807, 2.05) is 0 Å². The first-order chi connectivity index (χ1) is 7.22. The van der Waals surface area contributed by atoms with Crippen LogP contribution in [0.15, 0.2) is 0 Å². The zero-order valence-electron chi connectivity index (χ0n) is 9.11. The SMILES string of the molecule is CCC1CCC(C)N1Cc1nnsc1Cl. The maximum Gasteiger partial charge on any atom is 0.138 e. The van der Waals surface area contributed by atoms with E-state index in [1.165, 1.54) is 30.8 Å². The summed E-state index contributed by atoms with van der Waals surface area (Å²) in [6.07, 6.45) is 3.79. The van der Waals surface area contributed by atoms with Crippen molar-refractivity contribution in [2.75, 3.05) is 0 Å². The van der Waals surface area contributed by atoms with Crippen molar-refractivity contribution in [1.29, 1.82) is 0 Å². The molecule has 0 aromatic carbocycles. The van der Waals surface area contributed by atoms with E-state index in [4.69, 9.17) is 11.6 Å². The minimum atomic E-state index is 0.646. The van der Waals surface area contributed by atoms with Crippen LogP contribution in [0.2, 0.25) is 4.34 Å². The number of aromatic nitrogens is 2. The van der Waals surface area contributed by atoms with Gasteiger partial charge in [-0.15, -0.1) is 5.10 Å². The molecule has 2 atom stereocenters. The molecule has 5 heteroatoms. The number of halogens is 1. The fraction of sp³-hybridized carbons (Fsp3) is 0.800. The molecule has 1 aliphatic rings. The summed E-state index contributed by atoms with van der Waals surface area (Å²) in [5, 5.41) is 4.08. The first-order valence-electron chi connectivity index (χ1n) is 5.44. The fourth-order valence-corrected chi connectivity index (χ4v) is 2.92. The maximum atomic E-state index is 6.02. The average molecular weight is 246 g/mol. The molecule has 1 fully saturated rings. The smallest absolute Gasteiger partial charge is 0.138 e. The van der Waals surface area contributed by atoms with E-state index < -0.39 is 0 Å². The monoisotopic (exact) mass is 245 g/mol. The summed E-state index contributed by atoms with van der Waals surface area (Å²) in [6, 6.07) is 1.34. The van der Waals surface area contributed by atoms with Crippen LogP contribution in [0.5, 0.6) is 0 Å². The Morgan fingerprint density at radius 2 is 2.33 bits per heavy atom. The van der Waals surface area contributed by atoms with Crippen molar-refractivity contribution in [2.24, 2.45) is 0 Å². The van der Waals surface area contributed by atoms with Gasteiger partial charge in [0, 0.05) is 30.2 Å². The molecule has 2 unspecified atom stereocenters. The van der Waals surface area contributed by atoms with Gasteiger partial charge in [0.15, 0.2) is 0 Å². The molecule has 0 spiro atoms. The molecule has 0 aliphatic carbocycles. The normalized spacial score (nSPS) is 27.4. The molecule has 1 aromatic heterocycles. The molecule has 0 saturated carbocycles. The predicted octanol–water partition coefficient (Wildman–Crippen LogP) is 2.95. The zero-order chi connectivity index (χ0) is 10.8. The summed E-state index contributed by atoms with van der Waals surface area (Å²) < 4.78 is 4.61. The van der Waals surface area contributed by atoms with Crippen LogP contribution < -0.4 is 0 Å². The van der Waals surface area contributed by atoms with Crippen molar-refractivity contribution in [3.05, 3.63) is 10.0 Å². The van der Waals surface area contributed by atoms with Crippen LogP contribution in [-0.2, 0) is 6.54 Å². The topological polar surface area (TPSA) is 29.0 Å². The van der Waals surface area contributed by atoms with Crippen molar-refractivity contribution in [3.8, 4) is 0 Å². The van der Waals surface area contributed by atoms with Crippen LogP contribution in [0.4, 0.5) is 0 Å². The first-order valence-corrected chi connectivity index (χ1v) is 6.60. The molecule has 2 heterocycles. The molecule has 1 aromatic rings. The van der Waals surface area contributed by atoms with Gasteiger partial charge in [-0.05, 0) is 26.2 Å². The van der Waals surface area contributed by atoms with Gasteiger partial charge in [-0.3, -0.25) is 4.90 Å². The van der Waals surface area contributed by atoms with Crippen LogP contribution in [0.1, 0.15) is 38.8 Å². The Morgan fingerprint density at radius 3 is 2.93 bits per heavy atom. The standard InChI is InChI=1S/C10H16ClN3S/c1-3-8-5-4-7(2)14(8)6-9-10(11)15-13-12-9/h7-8H,3-6H2,1-2H3. The summed E-state index contributed by atoms with van der Waals surface area (Å²) in [5.41, 5.74) is 0.939. The van der Waals surface area contributed by atoms with E-state index in [2.05, 4.69) is 28.3 Å². The van der Waals surface area contributed by atoms with E-state index in [0.29, 0.717) is 12.1 Å². The Hall–Kier alpha value is -0.190. The van der Waals surface area contributed by atoms with Crippen molar-refractivity contribution in [1.82, 2.24) is 14.5 Å². The quantitative estimate of drug-likeness (QED) is 0.820. The van der Waals surface area contributed by atoms with Gasteiger partial charge in [-0.2, -0.15) is 0 Å². The molecular weight excluding hydrogens is 230 g/mol. The second kappa shape index (κ2) is 4.76. The Balaban J connectivity index is 2.07. The van der Waals surface area contributed by atoms with Gasteiger partial charge in [0.05, 0.1) is 0 Å². The van der Waals surface area contributed by atoms with Gasteiger partial charge < -0.3 is 0 Å². The average Bonchev–Trinajstić information content (AvgIpc) is 2.77. The van der Waals surface area contributed by atoms with Crippen molar-refractivity contribution in [3.63, 3.8) is 0 Å². The molecule has 84 valence electrons. The van der Waals surface area contributed by atoms with Crippen molar-refractivity contribution >= 4 is 23.1 Å². The Labute approximate surface area is 99.6 Å². The predicted molar refractivity (Wildman–Crippen MR) is 63.2 cm³/mol. The molecule has 3 nitrogen and oxygen atoms in total. The highest BCUT2D eigenvalue weighted by Crippen LogP contribution is 2.29. The van der Waals surface area contributed by atoms with Crippen LogP contribution in [0.3, 0.4) is 0 Å². The van der Waals surface area contributed by atoms with Gasteiger partial charge in [0.1, 0.15) is 10.0 Å². The lowest BCUT2D eigenvalue weighted by Crippen LogP contribution is -2.33. The van der Waals surface area contributed by atoms with E-state index in [-0.39, 0.29) is 0 Å². The Kier molecular flexibility index (Phi) is 3.59. The van der Waals surface area contributed by atoms with Crippen molar-refractivity contribution in [2.45, 2.75) is 51.7 Å². The van der Waals surface area contributed by atoms with Gasteiger partial charge >= 0.3 is 0 Å². The number of rotatable bonds is 3. The lowest BCUT2D eigenvalue weighted by molar-refractivity contribution is 0.187. The van der Waals surface area contributed by atoms with Gasteiger partial charge in [-0.1, -0.05) is 23.0 Å². The van der Waals surface area contributed by atoms with E-state index >= 15 is 0 Å². The minimum absolute atomic E-state index is 0.646. The maximum absolute atomic E-state index is 6.02. The Morgan fingerprint density at radius 1 is 1.53 bits per heavy atom.